The zero-order valence-corrected chi connectivity index (χ0v) is 44.3. The number of fused-ring (bicyclic) bond motifs is 3. The molecular weight excluding hydrogens is 931 g/mol. The van der Waals surface area contributed by atoms with Gasteiger partial charge in [0.15, 0.2) is 5.78 Å². The van der Waals surface area contributed by atoms with Gasteiger partial charge in [0.2, 0.25) is 5.79 Å². The van der Waals surface area contributed by atoms with E-state index in [2.05, 4.69) is 0 Å². The molecule has 1 amide bonds. The number of cyclic esters (lactones) is 1. The Hall–Kier alpha value is -3.94. The molecule has 3 heterocycles. The number of hydrogen-bond donors (Lipinski definition) is 5. The van der Waals surface area contributed by atoms with Gasteiger partial charge in [0.1, 0.15) is 41.7 Å². The van der Waals surface area contributed by atoms with E-state index in [0.717, 1.165) is 10.5 Å². The minimum Gasteiger partial charge on any atom is -0.460 e. The topological polar surface area (TPSA) is 253 Å². The summed E-state index contributed by atoms with van der Waals surface area (Å²) in [4.78, 5) is 84.8. The molecule has 5 N–H and O–H groups in total. The second-order valence-electron chi connectivity index (χ2n) is 21.6. The van der Waals surface area contributed by atoms with Gasteiger partial charge in [0.05, 0.1) is 31.5 Å². The van der Waals surface area contributed by atoms with Gasteiger partial charge in [-0.2, -0.15) is 0 Å². The SMILES string of the molecule is CO[C@H]1C[C@@H]2CC[C@@H](C)[C@@](O)(O2)C(=O)C(=O)N2CCCC[C@H]2C(=O)O[C@H]([C@H](C)C[C@@H]2CC[C@@H](OC(=O)C(C)(CO)CO)[C@H](OC)C2)CC(=O)[C@H](C)/C=C(\C)[C@@H](O)C(O)C(=O)[C@H](C)C[C@H](C)/C=C/C=C/C=C/1C. The van der Waals surface area contributed by atoms with E-state index in [4.69, 9.17) is 23.7 Å². The van der Waals surface area contributed by atoms with Crippen LogP contribution in [0.4, 0.5) is 0 Å². The number of esters is 2. The fraction of sp³-hybridized carbons (Fsp3) is 0.745. The van der Waals surface area contributed by atoms with Crippen LogP contribution in [-0.2, 0) is 52.5 Å². The lowest BCUT2D eigenvalue weighted by Gasteiger charge is -2.42. The number of ketones is 3. The van der Waals surface area contributed by atoms with E-state index in [1.54, 1.807) is 27.9 Å². The maximum atomic E-state index is 14.5. The normalized spacial score (nSPS) is 37.8. The van der Waals surface area contributed by atoms with Gasteiger partial charge in [0.25, 0.3) is 11.7 Å². The number of rotatable bonds is 9. The van der Waals surface area contributed by atoms with Crippen molar-refractivity contribution in [3.8, 4) is 0 Å². The van der Waals surface area contributed by atoms with Crippen LogP contribution in [0.3, 0.4) is 0 Å². The summed E-state index contributed by atoms with van der Waals surface area (Å²) in [6, 6.07) is -1.21. The average Bonchev–Trinajstić information content (AvgIpc) is 3.36. The van der Waals surface area contributed by atoms with Gasteiger partial charge in [-0.15, -0.1) is 0 Å². The van der Waals surface area contributed by atoms with Crippen LogP contribution in [0, 0.1) is 40.9 Å². The lowest BCUT2D eigenvalue weighted by atomic mass is 9.78. The molecule has 17 heteroatoms. The molecule has 2 saturated heterocycles. The Morgan fingerprint density at radius 1 is 0.861 bits per heavy atom. The molecule has 17 nitrogen and oxygen atoms in total. The molecule has 3 aliphatic heterocycles. The van der Waals surface area contributed by atoms with Crippen molar-refractivity contribution in [3.63, 3.8) is 0 Å². The smallest absolute Gasteiger partial charge is 0.329 e. The Bertz CT molecular complexity index is 1990. The lowest BCUT2D eigenvalue weighted by Crippen LogP contribution is -2.61. The van der Waals surface area contributed by atoms with Crippen LogP contribution < -0.4 is 0 Å². The van der Waals surface area contributed by atoms with Gasteiger partial charge in [-0.05, 0) is 114 Å². The maximum absolute atomic E-state index is 14.5. The Labute approximate surface area is 426 Å². The Morgan fingerprint density at radius 2 is 1.56 bits per heavy atom. The zero-order chi connectivity index (χ0) is 53.7. The first-order valence-electron chi connectivity index (χ1n) is 26.0. The van der Waals surface area contributed by atoms with Crippen molar-refractivity contribution in [1.82, 2.24) is 4.90 Å². The van der Waals surface area contributed by atoms with E-state index in [1.165, 1.54) is 27.0 Å². The van der Waals surface area contributed by atoms with Crippen LogP contribution in [0.25, 0.3) is 0 Å². The van der Waals surface area contributed by atoms with Crippen molar-refractivity contribution < 1.29 is 78.0 Å². The number of aliphatic hydroxyl groups is 5. The van der Waals surface area contributed by atoms with Crippen molar-refractivity contribution >= 4 is 35.2 Å². The molecule has 1 unspecified atom stereocenters. The average molecular weight is 1020 g/mol. The van der Waals surface area contributed by atoms with E-state index in [9.17, 15) is 54.3 Å². The lowest BCUT2D eigenvalue weighted by molar-refractivity contribution is -0.265. The van der Waals surface area contributed by atoms with Gasteiger partial charge in [-0.3, -0.25) is 24.0 Å². The van der Waals surface area contributed by atoms with Crippen LogP contribution in [0.2, 0.25) is 0 Å². The second-order valence-corrected chi connectivity index (χ2v) is 21.6. The van der Waals surface area contributed by atoms with Gasteiger partial charge < -0.3 is 54.1 Å². The second kappa shape index (κ2) is 27.6. The number of Topliss-reactive ketones (excluding diaryl/α,β-unsaturated/α-hetero) is 3. The van der Waals surface area contributed by atoms with Gasteiger partial charge in [0, 0.05) is 51.4 Å². The molecule has 0 aromatic rings. The highest BCUT2D eigenvalue weighted by atomic mass is 16.6. The zero-order valence-electron chi connectivity index (χ0n) is 44.3. The third kappa shape index (κ3) is 15.6. The first kappa shape index (κ1) is 60.6. The fourth-order valence-corrected chi connectivity index (χ4v) is 10.5. The molecule has 2 bridgehead atoms. The number of allylic oxidation sites excluding steroid dienone is 6. The number of hydrogen-bond acceptors (Lipinski definition) is 16. The Morgan fingerprint density at radius 3 is 2.21 bits per heavy atom. The fourth-order valence-electron chi connectivity index (χ4n) is 10.5. The van der Waals surface area contributed by atoms with Crippen molar-refractivity contribution in [2.75, 3.05) is 34.0 Å². The van der Waals surface area contributed by atoms with E-state index in [-0.39, 0.29) is 49.0 Å². The predicted octanol–water partition coefficient (Wildman–Crippen LogP) is 5.07. The molecule has 0 radical (unpaired) electrons. The number of piperidine rings is 1. The summed E-state index contributed by atoms with van der Waals surface area (Å²) in [6.07, 6.45) is 8.42. The number of methoxy groups -OCH3 is 2. The minimum absolute atomic E-state index is 0.0350. The largest absolute Gasteiger partial charge is 0.460 e. The summed E-state index contributed by atoms with van der Waals surface area (Å²) in [7, 11) is 3.05. The number of amides is 1. The van der Waals surface area contributed by atoms with Crippen LogP contribution in [0.15, 0.2) is 47.6 Å². The van der Waals surface area contributed by atoms with Crippen LogP contribution in [-0.4, -0.2) is 154 Å². The highest BCUT2D eigenvalue weighted by Gasteiger charge is 2.53. The molecule has 0 spiro atoms. The Kier molecular flexibility index (Phi) is 23.2. The maximum Gasteiger partial charge on any atom is 0.329 e. The molecule has 4 aliphatic rings. The van der Waals surface area contributed by atoms with Crippen LogP contribution in [0.1, 0.15) is 132 Å². The van der Waals surface area contributed by atoms with E-state index in [1.807, 2.05) is 51.2 Å². The van der Waals surface area contributed by atoms with Crippen LogP contribution >= 0.6 is 0 Å². The highest BCUT2D eigenvalue weighted by Crippen LogP contribution is 2.38. The van der Waals surface area contributed by atoms with Crippen molar-refractivity contribution in [2.45, 2.75) is 187 Å². The third-order valence-corrected chi connectivity index (χ3v) is 15.7. The van der Waals surface area contributed by atoms with Crippen molar-refractivity contribution in [1.29, 1.82) is 0 Å². The predicted molar refractivity (Wildman–Crippen MR) is 266 cm³/mol. The summed E-state index contributed by atoms with van der Waals surface area (Å²) in [5.41, 5.74) is -0.441. The molecule has 0 aromatic carbocycles. The standard InChI is InChI=1S/C55H85NO16/c1-32-16-12-11-13-17-33(2)44(68-9)28-40-21-19-38(7)55(67,72-40)50(63)51(64)56-23-15-14-18-41(56)52(65)70-45(29-42(59)34(3)25-37(6)48(61)49(62)47(60)36(5)24-32)35(4)26-39-20-22-43(46(27-39)69-10)71-53(66)54(8,30-57)31-58/h11-13,16-17,25,32,34-36,38-41,43-46,48-49,57-58,61-62,67H,14-15,18-24,26-31H2,1-10H3/b13-11+,16-12+,33-17+,37-25+/t32-,34-,35-,36-,38-,39+,40+,41+,43-,44+,45+,46-,48-,49?,55-/m1/s1. The number of aliphatic hydroxyl groups excluding tert-OH is 4. The number of carbonyl (C=O) groups excluding carboxylic acids is 6. The summed E-state index contributed by atoms with van der Waals surface area (Å²) in [5.74, 6) is -10.0. The minimum atomic E-state index is -2.48. The number of nitrogens with zero attached hydrogens (tertiary/aromatic N) is 1. The van der Waals surface area contributed by atoms with E-state index >= 15 is 0 Å². The van der Waals surface area contributed by atoms with Gasteiger partial charge in [-0.25, -0.2) is 4.79 Å². The van der Waals surface area contributed by atoms with Gasteiger partial charge in [-0.1, -0.05) is 71.1 Å². The number of carbonyl (C=O) groups is 6. The van der Waals surface area contributed by atoms with Crippen molar-refractivity contribution in [2.24, 2.45) is 40.9 Å². The van der Waals surface area contributed by atoms with Crippen molar-refractivity contribution in [3.05, 3.63) is 47.6 Å². The number of ether oxygens (including phenoxy) is 5. The highest BCUT2D eigenvalue weighted by molar-refractivity contribution is 6.39. The Balaban J connectivity index is 1.68. The monoisotopic (exact) mass is 1020 g/mol. The quantitative estimate of drug-likeness (QED) is 0.115. The van der Waals surface area contributed by atoms with E-state index < -0.39 is 126 Å². The summed E-state index contributed by atoms with van der Waals surface area (Å²) < 4.78 is 29.8. The first-order chi connectivity index (χ1) is 33.9. The molecule has 1 saturated carbocycles. The molecule has 72 heavy (non-hydrogen) atoms. The summed E-state index contributed by atoms with van der Waals surface area (Å²) >= 11 is 0. The molecule has 3 fully saturated rings. The molecule has 4 rings (SSSR count). The molecule has 0 aromatic heterocycles. The van der Waals surface area contributed by atoms with Crippen LogP contribution in [0.5, 0.6) is 0 Å². The van der Waals surface area contributed by atoms with E-state index in [0.29, 0.717) is 57.8 Å². The summed E-state index contributed by atoms with van der Waals surface area (Å²) in [5, 5.41) is 53.8. The first-order valence-corrected chi connectivity index (χ1v) is 26.0. The third-order valence-electron chi connectivity index (χ3n) is 15.7. The van der Waals surface area contributed by atoms with Gasteiger partial charge >= 0.3 is 11.9 Å². The molecular formula is C55H85NO16. The molecule has 406 valence electrons. The molecule has 15 atom stereocenters. The summed E-state index contributed by atoms with van der Waals surface area (Å²) in [6.45, 7) is 12.4. The molecule has 1 aliphatic carbocycles.